The molecular formula is C48H37N3OS2. The van der Waals surface area contributed by atoms with E-state index < -0.39 is 0 Å². The van der Waals surface area contributed by atoms with Crippen molar-refractivity contribution in [2.75, 3.05) is 0 Å². The van der Waals surface area contributed by atoms with Gasteiger partial charge in [0.25, 0.3) is 0 Å². The minimum atomic E-state index is -0.219. The van der Waals surface area contributed by atoms with E-state index in [1.54, 1.807) is 18.1 Å². The van der Waals surface area contributed by atoms with Crippen molar-refractivity contribution in [3.63, 3.8) is 0 Å². The number of rotatable bonds is 2. The van der Waals surface area contributed by atoms with Crippen molar-refractivity contribution >= 4 is 23.5 Å². The van der Waals surface area contributed by atoms with Gasteiger partial charge in [0.05, 0.1) is 15.4 Å². The molecule has 11 rings (SSSR count). The van der Waals surface area contributed by atoms with Crippen LogP contribution in [0.25, 0.3) is 45.0 Å². The molecule has 7 aromatic rings. The average molecular weight is 736 g/mol. The summed E-state index contributed by atoms with van der Waals surface area (Å²) in [6, 6.07) is 39.8. The summed E-state index contributed by atoms with van der Waals surface area (Å²) in [6.07, 6.45) is 1.65. The number of aromatic nitrogens is 3. The first kappa shape index (κ1) is 32.3. The molecule has 4 aliphatic rings. The Hall–Kier alpha value is -5.17. The first-order valence-corrected chi connectivity index (χ1v) is 20.2. The zero-order valence-electron chi connectivity index (χ0n) is 31.0. The van der Waals surface area contributed by atoms with Gasteiger partial charge in [-0.25, -0.2) is 15.0 Å². The molecule has 54 heavy (non-hydrogen) atoms. The zero-order valence-corrected chi connectivity index (χ0v) is 32.7. The summed E-state index contributed by atoms with van der Waals surface area (Å²) < 4.78 is 7.02. The van der Waals surface area contributed by atoms with E-state index in [0.717, 1.165) is 32.4 Å². The molecule has 6 aromatic carbocycles. The van der Waals surface area contributed by atoms with Gasteiger partial charge in [0.2, 0.25) is 0 Å². The fourth-order valence-electron chi connectivity index (χ4n) is 9.50. The van der Waals surface area contributed by atoms with Crippen LogP contribution in [0.4, 0.5) is 0 Å². The predicted octanol–water partition coefficient (Wildman–Crippen LogP) is 12.9. The van der Waals surface area contributed by atoms with E-state index in [-0.39, 0.29) is 16.2 Å². The van der Waals surface area contributed by atoms with Crippen LogP contribution < -0.4 is 4.74 Å². The predicted molar refractivity (Wildman–Crippen MR) is 219 cm³/mol. The minimum absolute atomic E-state index is 0.0655. The summed E-state index contributed by atoms with van der Waals surface area (Å²) in [5.74, 6) is 2.97. The van der Waals surface area contributed by atoms with Crippen LogP contribution in [-0.4, -0.2) is 15.0 Å². The van der Waals surface area contributed by atoms with Gasteiger partial charge in [0, 0.05) is 42.7 Å². The van der Waals surface area contributed by atoms with Gasteiger partial charge in [0.15, 0.2) is 17.4 Å². The minimum Gasteiger partial charge on any atom is -0.454 e. The highest BCUT2D eigenvalue weighted by molar-refractivity contribution is 8.00. The summed E-state index contributed by atoms with van der Waals surface area (Å²) in [4.78, 5) is 19.6. The van der Waals surface area contributed by atoms with Crippen LogP contribution in [0.15, 0.2) is 135 Å². The van der Waals surface area contributed by atoms with E-state index in [1.165, 1.54) is 65.4 Å². The van der Waals surface area contributed by atoms with E-state index >= 15 is 0 Å². The van der Waals surface area contributed by atoms with Crippen LogP contribution in [0.1, 0.15) is 74.9 Å². The smallest absolute Gasteiger partial charge is 0.167 e. The van der Waals surface area contributed by atoms with Crippen LogP contribution in [0.2, 0.25) is 0 Å². The van der Waals surface area contributed by atoms with Gasteiger partial charge in [-0.15, -0.1) is 0 Å². The molecular weight excluding hydrogens is 699 g/mol. The molecule has 1 aromatic heterocycles. The Morgan fingerprint density at radius 3 is 1.70 bits per heavy atom. The molecule has 4 nitrogen and oxygen atoms in total. The van der Waals surface area contributed by atoms with E-state index in [1.807, 2.05) is 11.8 Å². The molecule has 0 fully saturated rings. The Balaban J connectivity index is 1.03. The fourth-order valence-corrected chi connectivity index (χ4v) is 12.2. The second kappa shape index (κ2) is 11.0. The van der Waals surface area contributed by atoms with Gasteiger partial charge in [0.1, 0.15) is 12.1 Å². The summed E-state index contributed by atoms with van der Waals surface area (Å²) >= 11 is 3.62. The van der Waals surface area contributed by atoms with Crippen LogP contribution in [0.5, 0.6) is 11.5 Å². The first-order chi connectivity index (χ1) is 26.0. The molecule has 262 valence electrons. The number of hydrogen-bond acceptors (Lipinski definition) is 6. The topological polar surface area (TPSA) is 47.9 Å². The van der Waals surface area contributed by atoms with Crippen molar-refractivity contribution in [2.24, 2.45) is 0 Å². The lowest BCUT2D eigenvalue weighted by Crippen LogP contribution is -2.25. The second-order valence-corrected chi connectivity index (χ2v) is 18.5. The van der Waals surface area contributed by atoms with Crippen molar-refractivity contribution in [3.05, 3.63) is 149 Å². The molecule has 0 spiro atoms. The van der Waals surface area contributed by atoms with Crippen molar-refractivity contribution in [3.8, 4) is 56.5 Å². The van der Waals surface area contributed by atoms with E-state index in [2.05, 4.69) is 151 Å². The standard InChI is InChI=1S/C48H37N3OS2/c1-46(2)30-17-9-7-13-26(30)38-32(46)23-24-37-41(38)52-40-28(15-12-20-36(40)53-37)44-49-25-50-45(51-44)29-16-11-19-34-42(29)54-43-35(48(34,5)6)22-21-33-39(43)27-14-8-10-18-31(27)47(33,3)4/h7-25H,1-6H3. The molecule has 0 unspecified atom stereocenters. The molecule has 2 aliphatic heterocycles. The highest BCUT2D eigenvalue weighted by Gasteiger charge is 2.43. The number of benzene rings is 6. The van der Waals surface area contributed by atoms with Crippen molar-refractivity contribution in [1.29, 1.82) is 0 Å². The van der Waals surface area contributed by atoms with Gasteiger partial charge in [-0.3, -0.25) is 0 Å². The molecule has 0 N–H and O–H groups in total. The summed E-state index contributed by atoms with van der Waals surface area (Å²) in [7, 11) is 0. The van der Waals surface area contributed by atoms with Crippen LogP contribution in [0.3, 0.4) is 0 Å². The third kappa shape index (κ3) is 4.21. The molecule has 2 aliphatic carbocycles. The van der Waals surface area contributed by atoms with Crippen molar-refractivity contribution in [2.45, 2.75) is 77.4 Å². The number of para-hydroxylation sites is 1. The van der Waals surface area contributed by atoms with Crippen LogP contribution >= 0.6 is 23.5 Å². The maximum absolute atomic E-state index is 7.02. The van der Waals surface area contributed by atoms with E-state index in [9.17, 15) is 0 Å². The normalized spacial score (nSPS) is 16.8. The monoisotopic (exact) mass is 735 g/mol. The molecule has 0 saturated heterocycles. The number of ether oxygens (including phenoxy) is 1. The molecule has 0 atom stereocenters. The lowest BCUT2D eigenvalue weighted by molar-refractivity contribution is 0.457. The third-order valence-electron chi connectivity index (χ3n) is 12.4. The van der Waals surface area contributed by atoms with E-state index in [0.29, 0.717) is 11.6 Å². The number of nitrogens with zero attached hydrogens (tertiary/aromatic N) is 3. The summed E-state index contributed by atoms with van der Waals surface area (Å²) in [6.45, 7) is 14.0. The highest BCUT2D eigenvalue weighted by Crippen LogP contribution is 2.61. The fraction of sp³-hybridized carbons (Fsp3) is 0.188. The van der Waals surface area contributed by atoms with Gasteiger partial charge in [-0.1, -0.05) is 156 Å². The average Bonchev–Trinajstić information content (AvgIpc) is 3.57. The maximum Gasteiger partial charge on any atom is 0.167 e. The Kier molecular flexibility index (Phi) is 6.55. The van der Waals surface area contributed by atoms with Crippen molar-refractivity contribution in [1.82, 2.24) is 15.0 Å². The Morgan fingerprint density at radius 2 is 0.944 bits per heavy atom. The van der Waals surface area contributed by atoms with Crippen LogP contribution in [-0.2, 0) is 16.2 Å². The van der Waals surface area contributed by atoms with E-state index in [4.69, 9.17) is 19.7 Å². The maximum atomic E-state index is 7.02. The second-order valence-electron chi connectivity index (χ2n) is 16.4. The Morgan fingerprint density at radius 1 is 0.426 bits per heavy atom. The van der Waals surface area contributed by atoms with Crippen molar-refractivity contribution < 1.29 is 4.74 Å². The zero-order chi connectivity index (χ0) is 36.7. The quantitative estimate of drug-likeness (QED) is 0.176. The molecule has 3 heterocycles. The molecule has 0 amide bonds. The number of fused-ring (bicyclic) bond motifs is 12. The third-order valence-corrected chi connectivity index (χ3v) is 14.7. The largest absolute Gasteiger partial charge is 0.454 e. The first-order valence-electron chi connectivity index (χ1n) is 18.6. The molecule has 6 heteroatoms. The lowest BCUT2D eigenvalue weighted by Gasteiger charge is -2.37. The van der Waals surface area contributed by atoms with Gasteiger partial charge >= 0.3 is 0 Å². The molecule has 0 bridgehead atoms. The van der Waals surface area contributed by atoms with Gasteiger partial charge in [-0.05, 0) is 62.7 Å². The summed E-state index contributed by atoms with van der Waals surface area (Å²) in [5.41, 5.74) is 14.7. The Bertz CT molecular complexity index is 2800. The molecule has 0 radical (unpaired) electrons. The van der Waals surface area contributed by atoms with Crippen LogP contribution in [0, 0.1) is 0 Å². The number of hydrogen-bond donors (Lipinski definition) is 0. The SMILES string of the molecule is CC1(C)c2cccc(-c3ncnc(-c4cccc5c4Oc4c(ccc6c4-c4ccccc4C6(C)C)S5)n3)c2Sc2c1ccc1c2-c2ccccc2C1(C)C. The van der Waals surface area contributed by atoms with Gasteiger partial charge in [-0.2, -0.15) is 0 Å². The lowest BCUT2D eigenvalue weighted by atomic mass is 9.75. The van der Waals surface area contributed by atoms with Gasteiger partial charge < -0.3 is 4.74 Å². The summed E-state index contributed by atoms with van der Waals surface area (Å²) in [5, 5.41) is 0. The molecule has 0 saturated carbocycles. The Labute approximate surface area is 324 Å². The highest BCUT2D eigenvalue weighted by atomic mass is 32.2.